The number of carbonyl (C=O) groups is 1. The summed E-state index contributed by atoms with van der Waals surface area (Å²) in [5.74, 6) is 1.10. The number of hydrogen-bond acceptors (Lipinski definition) is 4. The van der Waals surface area contributed by atoms with Crippen LogP contribution in [0.2, 0.25) is 0 Å². The number of rotatable bonds is 5. The zero-order valence-electron chi connectivity index (χ0n) is 13.8. The zero-order chi connectivity index (χ0) is 16.2. The minimum absolute atomic E-state index is 0.140. The van der Waals surface area contributed by atoms with Crippen molar-refractivity contribution in [3.05, 3.63) is 29.8 Å². The van der Waals surface area contributed by atoms with E-state index in [1.165, 1.54) is 5.56 Å². The molecule has 0 radical (unpaired) electrons. The van der Waals surface area contributed by atoms with Crippen molar-refractivity contribution in [3.8, 4) is 5.75 Å². The largest absolute Gasteiger partial charge is 0.497 e. The first kappa shape index (κ1) is 16.3. The van der Waals surface area contributed by atoms with Crippen LogP contribution in [0.15, 0.2) is 24.3 Å². The van der Waals surface area contributed by atoms with Crippen LogP contribution >= 0.6 is 0 Å². The number of ether oxygens (including phenoxy) is 1. The van der Waals surface area contributed by atoms with Gasteiger partial charge in [0.15, 0.2) is 0 Å². The third-order valence-electron chi connectivity index (χ3n) is 5.01. The highest BCUT2D eigenvalue weighted by atomic mass is 16.5. The number of methoxy groups -OCH3 is 1. The number of nitrogens with zero attached hydrogens (tertiary/aromatic N) is 2. The molecule has 2 aliphatic heterocycles. The van der Waals surface area contributed by atoms with Gasteiger partial charge in [0, 0.05) is 38.6 Å². The second kappa shape index (κ2) is 7.32. The molecule has 0 saturated carbocycles. The summed E-state index contributed by atoms with van der Waals surface area (Å²) in [6, 6.07) is 8.46. The predicted octanol–water partition coefficient (Wildman–Crippen LogP) is 1.30. The molecule has 5 heteroatoms. The Balaban J connectivity index is 1.40. The Morgan fingerprint density at radius 2 is 1.87 bits per heavy atom. The summed E-state index contributed by atoms with van der Waals surface area (Å²) >= 11 is 0. The summed E-state index contributed by atoms with van der Waals surface area (Å²) in [5.41, 5.74) is 1.17. The number of benzene rings is 1. The van der Waals surface area contributed by atoms with Crippen LogP contribution in [0.25, 0.3) is 0 Å². The van der Waals surface area contributed by atoms with Crippen molar-refractivity contribution < 1.29 is 14.6 Å². The van der Waals surface area contributed by atoms with Crippen LogP contribution < -0.4 is 4.74 Å². The second-order valence-electron chi connectivity index (χ2n) is 6.57. The van der Waals surface area contributed by atoms with Crippen LogP contribution in [0.3, 0.4) is 0 Å². The summed E-state index contributed by atoms with van der Waals surface area (Å²) in [7, 11) is 1.66. The Labute approximate surface area is 137 Å². The number of aryl methyl sites for hydroxylation is 1. The maximum Gasteiger partial charge on any atom is 0.222 e. The smallest absolute Gasteiger partial charge is 0.222 e. The third-order valence-corrected chi connectivity index (χ3v) is 5.01. The Kier molecular flexibility index (Phi) is 5.18. The lowest BCUT2D eigenvalue weighted by Gasteiger charge is -2.45. The fourth-order valence-electron chi connectivity index (χ4n) is 3.47. The third kappa shape index (κ3) is 4.03. The van der Waals surface area contributed by atoms with Crippen molar-refractivity contribution in [2.24, 2.45) is 0 Å². The maximum absolute atomic E-state index is 12.4. The van der Waals surface area contributed by atoms with E-state index in [4.69, 9.17) is 4.74 Å². The van der Waals surface area contributed by atoms with E-state index in [9.17, 15) is 9.90 Å². The van der Waals surface area contributed by atoms with Gasteiger partial charge in [0.1, 0.15) is 5.75 Å². The molecule has 0 atom stereocenters. The van der Waals surface area contributed by atoms with E-state index in [-0.39, 0.29) is 12.0 Å². The quantitative estimate of drug-likeness (QED) is 0.889. The highest BCUT2D eigenvalue weighted by Gasteiger charge is 2.33. The van der Waals surface area contributed by atoms with Gasteiger partial charge in [-0.05, 0) is 37.0 Å². The van der Waals surface area contributed by atoms with E-state index in [0.717, 1.165) is 51.2 Å². The number of carbonyl (C=O) groups excluding carboxylic acids is 1. The Morgan fingerprint density at radius 1 is 1.22 bits per heavy atom. The zero-order valence-corrected chi connectivity index (χ0v) is 13.8. The molecular weight excluding hydrogens is 292 g/mol. The van der Waals surface area contributed by atoms with Gasteiger partial charge in [-0.2, -0.15) is 0 Å². The fourth-order valence-corrected chi connectivity index (χ4v) is 3.47. The molecule has 3 rings (SSSR count). The first-order valence-electron chi connectivity index (χ1n) is 8.48. The molecule has 1 aromatic rings. The lowest BCUT2D eigenvalue weighted by molar-refractivity contribution is -0.133. The van der Waals surface area contributed by atoms with Crippen molar-refractivity contribution in [2.75, 3.05) is 33.3 Å². The van der Waals surface area contributed by atoms with E-state index in [1.807, 2.05) is 29.2 Å². The van der Waals surface area contributed by atoms with Crippen molar-refractivity contribution in [1.82, 2.24) is 9.80 Å². The highest BCUT2D eigenvalue weighted by molar-refractivity contribution is 5.76. The van der Waals surface area contributed by atoms with Gasteiger partial charge in [-0.15, -0.1) is 0 Å². The number of aliphatic hydroxyl groups excluding tert-OH is 1. The van der Waals surface area contributed by atoms with Crippen LogP contribution in [0.4, 0.5) is 0 Å². The Bertz CT molecular complexity index is 518. The molecule has 1 aromatic carbocycles. The number of likely N-dealkylation sites (tertiary alicyclic amines) is 2. The molecule has 2 fully saturated rings. The van der Waals surface area contributed by atoms with Gasteiger partial charge in [-0.3, -0.25) is 9.69 Å². The average Bonchev–Trinajstić information content (AvgIpc) is 2.57. The van der Waals surface area contributed by atoms with Crippen LogP contribution in [0, 0.1) is 0 Å². The lowest BCUT2D eigenvalue weighted by Crippen LogP contribution is -2.58. The van der Waals surface area contributed by atoms with Crippen LogP contribution in [0.5, 0.6) is 5.75 Å². The van der Waals surface area contributed by atoms with Crippen LogP contribution in [-0.2, 0) is 11.2 Å². The lowest BCUT2D eigenvalue weighted by atomic mass is 9.98. The minimum Gasteiger partial charge on any atom is -0.497 e. The normalized spacial score (nSPS) is 20.3. The highest BCUT2D eigenvalue weighted by Crippen LogP contribution is 2.22. The number of aliphatic hydroxyl groups is 1. The van der Waals surface area contributed by atoms with Gasteiger partial charge in [0.05, 0.1) is 13.2 Å². The summed E-state index contributed by atoms with van der Waals surface area (Å²) in [6.07, 6.45) is 3.27. The maximum atomic E-state index is 12.4. The number of β-amino-alcohol motifs (C(OH)–C–C–N with tert-alkyl or cyclic N) is 1. The van der Waals surface area contributed by atoms with E-state index >= 15 is 0 Å². The molecule has 0 aromatic heterocycles. The molecule has 0 unspecified atom stereocenters. The molecule has 1 N–H and O–H groups in total. The molecule has 23 heavy (non-hydrogen) atoms. The van der Waals surface area contributed by atoms with Crippen molar-refractivity contribution >= 4 is 5.91 Å². The molecule has 0 bridgehead atoms. The minimum atomic E-state index is -0.140. The summed E-state index contributed by atoms with van der Waals surface area (Å²) < 4.78 is 5.15. The van der Waals surface area contributed by atoms with Gasteiger partial charge in [0.2, 0.25) is 5.91 Å². The molecule has 2 saturated heterocycles. The van der Waals surface area contributed by atoms with E-state index < -0.39 is 0 Å². The first-order chi connectivity index (χ1) is 11.2. The Morgan fingerprint density at radius 3 is 2.43 bits per heavy atom. The first-order valence-corrected chi connectivity index (χ1v) is 8.48. The van der Waals surface area contributed by atoms with E-state index in [0.29, 0.717) is 12.5 Å². The molecule has 5 nitrogen and oxygen atoms in total. The molecule has 0 aliphatic carbocycles. The standard InChI is InChI=1S/C18H26N2O3/c1-23-17-5-2-14(3-6-17)4-7-18(22)19-10-8-15(9-11-19)20-12-16(21)13-20/h2-3,5-6,15-16,21H,4,7-13H2,1H3. The fraction of sp³-hybridized carbons (Fsp3) is 0.611. The number of hydrogen-bond donors (Lipinski definition) is 1. The van der Waals surface area contributed by atoms with Gasteiger partial charge in [-0.25, -0.2) is 0 Å². The molecule has 0 spiro atoms. The molecule has 2 aliphatic rings. The van der Waals surface area contributed by atoms with E-state index in [1.54, 1.807) is 7.11 Å². The predicted molar refractivity (Wildman–Crippen MR) is 88.5 cm³/mol. The van der Waals surface area contributed by atoms with E-state index in [2.05, 4.69) is 4.90 Å². The van der Waals surface area contributed by atoms with Crippen LogP contribution in [-0.4, -0.2) is 66.2 Å². The number of amides is 1. The van der Waals surface area contributed by atoms with Crippen molar-refractivity contribution in [3.63, 3.8) is 0 Å². The van der Waals surface area contributed by atoms with Gasteiger partial charge in [-0.1, -0.05) is 12.1 Å². The molecule has 2 heterocycles. The molecule has 126 valence electrons. The SMILES string of the molecule is COc1ccc(CCC(=O)N2CCC(N3CC(O)C3)CC2)cc1. The average molecular weight is 318 g/mol. The topological polar surface area (TPSA) is 53.0 Å². The summed E-state index contributed by atoms with van der Waals surface area (Å²) in [4.78, 5) is 16.7. The van der Waals surface area contributed by atoms with Gasteiger partial charge in [0.25, 0.3) is 0 Å². The van der Waals surface area contributed by atoms with Crippen LogP contribution in [0.1, 0.15) is 24.8 Å². The monoisotopic (exact) mass is 318 g/mol. The van der Waals surface area contributed by atoms with Crippen molar-refractivity contribution in [2.45, 2.75) is 37.8 Å². The van der Waals surface area contributed by atoms with Crippen molar-refractivity contribution in [1.29, 1.82) is 0 Å². The summed E-state index contributed by atoms with van der Waals surface area (Å²) in [5, 5.41) is 9.39. The second-order valence-corrected chi connectivity index (χ2v) is 6.57. The van der Waals surface area contributed by atoms with Gasteiger partial charge < -0.3 is 14.7 Å². The molecule has 1 amide bonds. The molecular formula is C18H26N2O3. The number of piperidine rings is 1. The Hall–Kier alpha value is -1.59. The summed E-state index contributed by atoms with van der Waals surface area (Å²) in [6.45, 7) is 3.30. The van der Waals surface area contributed by atoms with Gasteiger partial charge >= 0.3 is 0 Å².